The number of hydrogen-bond acceptors (Lipinski definition) is 6. The zero-order chi connectivity index (χ0) is 20.3. The Labute approximate surface area is 180 Å². The van der Waals surface area contributed by atoms with E-state index in [-0.39, 0.29) is 31.7 Å². The molecule has 28 heavy (non-hydrogen) atoms. The van der Waals surface area contributed by atoms with Crippen LogP contribution < -0.4 is 16.6 Å². The van der Waals surface area contributed by atoms with E-state index in [0.717, 1.165) is 25.1 Å². The number of sulfonamides is 1. The fraction of sp³-hybridized carbons (Fsp3) is 0.316. The van der Waals surface area contributed by atoms with Crippen molar-refractivity contribution in [2.24, 2.45) is 11.5 Å². The van der Waals surface area contributed by atoms with Crippen LogP contribution in [0.15, 0.2) is 59.5 Å². The summed E-state index contributed by atoms with van der Waals surface area (Å²) in [6.07, 6.45) is 0.911. The van der Waals surface area contributed by atoms with E-state index in [4.69, 9.17) is 11.5 Å². The van der Waals surface area contributed by atoms with Crippen molar-refractivity contribution in [1.82, 2.24) is 0 Å². The molecule has 2 rings (SSSR count). The van der Waals surface area contributed by atoms with Crippen molar-refractivity contribution in [1.29, 1.82) is 0 Å². The third-order valence-electron chi connectivity index (χ3n) is 3.54. The molecule has 0 heterocycles. The molecule has 0 fully saturated rings. The number of benzene rings is 2. The van der Waals surface area contributed by atoms with Crippen molar-refractivity contribution in [3.63, 3.8) is 0 Å². The summed E-state index contributed by atoms with van der Waals surface area (Å²) >= 11 is 0. The van der Waals surface area contributed by atoms with Gasteiger partial charge in [0.2, 0.25) is 0 Å². The number of aliphatic carboxylic acids is 1. The van der Waals surface area contributed by atoms with E-state index >= 15 is 0 Å². The average Bonchev–Trinajstić information content (AvgIpc) is 2.63. The topological polar surface area (TPSA) is 140 Å². The van der Waals surface area contributed by atoms with Gasteiger partial charge < -0.3 is 26.1 Å². The maximum Gasteiger partial charge on any atom is 2.00 e. The van der Waals surface area contributed by atoms with E-state index in [1.807, 2.05) is 6.92 Å². The molecule has 0 aliphatic heterocycles. The van der Waals surface area contributed by atoms with Crippen molar-refractivity contribution in [2.45, 2.75) is 30.7 Å². The van der Waals surface area contributed by atoms with Gasteiger partial charge in [0.25, 0.3) is 0 Å². The fourth-order valence-electron chi connectivity index (χ4n) is 2.06. The van der Waals surface area contributed by atoms with E-state index in [1.54, 1.807) is 42.5 Å². The Balaban J connectivity index is 0.00000108. The predicted molar refractivity (Wildman–Crippen MR) is 103 cm³/mol. The number of carbonyl (C=O) groups is 1. The molecular formula is C19H25N3O4PdS. The van der Waals surface area contributed by atoms with Gasteiger partial charge in [-0.15, -0.1) is 0 Å². The summed E-state index contributed by atoms with van der Waals surface area (Å²) in [6, 6.07) is 13.3. The van der Waals surface area contributed by atoms with Crippen molar-refractivity contribution in [3.8, 4) is 0 Å². The van der Waals surface area contributed by atoms with Crippen LogP contribution in [0.1, 0.15) is 17.5 Å². The van der Waals surface area contributed by atoms with Gasteiger partial charge >= 0.3 is 20.4 Å². The molecule has 0 saturated carbocycles. The summed E-state index contributed by atoms with van der Waals surface area (Å²) in [5, 5.41) is 11.2. The SMILES string of the molecule is Cc1ccc(S(=O)(=O)[N-]C(Cc2ccccc2)C(=O)[O-])cc1.NCCCN.[Pd+2]. The van der Waals surface area contributed by atoms with E-state index in [2.05, 4.69) is 4.72 Å². The van der Waals surface area contributed by atoms with Crippen LogP contribution in [-0.2, 0) is 41.7 Å². The second kappa shape index (κ2) is 13.6. The van der Waals surface area contributed by atoms with Gasteiger partial charge in [-0.1, -0.05) is 54.1 Å². The zero-order valence-corrected chi connectivity index (χ0v) is 17.9. The molecule has 7 nitrogen and oxygen atoms in total. The first-order chi connectivity index (χ1) is 12.8. The van der Waals surface area contributed by atoms with Crippen molar-refractivity contribution >= 4 is 16.0 Å². The molecule has 2 aromatic carbocycles. The van der Waals surface area contributed by atoms with Gasteiger partial charge in [-0.2, -0.15) is 0 Å². The first kappa shape index (κ1) is 26.4. The summed E-state index contributed by atoms with van der Waals surface area (Å²) in [6.45, 7) is 3.26. The molecule has 0 saturated heterocycles. The number of nitrogens with zero attached hydrogens (tertiary/aromatic N) is 1. The Kier molecular flexibility index (Phi) is 12.8. The Morgan fingerprint density at radius 3 is 2.00 bits per heavy atom. The second-order valence-electron chi connectivity index (χ2n) is 5.85. The Morgan fingerprint density at radius 1 is 1.04 bits per heavy atom. The van der Waals surface area contributed by atoms with Crippen LogP contribution >= 0.6 is 0 Å². The molecule has 0 aliphatic rings. The monoisotopic (exact) mass is 497 g/mol. The molecule has 0 amide bonds. The van der Waals surface area contributed by atoms with Crippen LogP contribution in [0.3, 0.4) is 0 Å². The molecule has 0 aliphatic carbocycles. The van der Waals surface area contributed by atoms with Gasteiger partial charge in [0.15, 0.2) is 0 Å². The minimum absolute atomic E-state index is 0. The van der Waals surface area contributed by atoms with Crippen LogP contribution in [0.2, 0.25) is 0 Å². The zero-order valence-electron chi connectivity index (χ0n) is 15.6. The standard InChI is InChI=1S/C16H16NO4S.C3H10N2.Pd/c1-12-7-9-14(10-8-12)22(20,21)17-15(16(18)19)11-13-5-3-2-4-6-13;4-2-1-3-5;/h2-10,15H,11H2,1H3,(H,18,19);1-5H2;/q-1;;+2/p-1. The van der Waals surface area contributed by atoms with Crippen LogP contribution in [0, 0.1) is 6.92 Å². The van der Waals surface area contributed by atoms with Crippen molar-refractivity contribution in [2.75, 3.05) is 13.1 Å². The summed E-state index contributed by atoms with van der Waals surface area (Å²) in [4.78, 5) is 11.2. The van der Waals surface area contributed by atoms with E-state index in [9.17, 15) is 18.3 Å². The summed E-state index contributed by atoms with van der Waals surface area (Å²) in [5.41, 5.74) is 11.7. The number of rotatable bonds is 8. The largest absolute Gasteiger partial charge is 2.00 e. The summed E-state index contributed by atoms with van der Waals surface area (Å²) in [5.74, 6) is -1.51. The summed E-state index contributed by atoms with van der Waals surface area (Å²) < 4.78 is 27.9. The number of carboxylic acids is 1. The normalized spacial score (nSPS) is 11.5. The smallest absolute Gasteiger partial charge is 0.552 e. The van der Waals surface area contributed by atoms with Gasteiger partial charge in [-0.3, -0.25) is 0 Å². The van der Waals surface area contributed by atoms with Gasteiger partial charge in [-0.05, 0) is 50.6 Å². The minimum Gasteiger partial charge on any atom is -0.552 e. The van der Waals surface area contributed by atoms with E-state index in [0.29, 0.717) is 5.56 Å². The summed E-state index contributed by atoms with van der Waals surface area (Å²) in [7, 11) is -4.04. The fourth-order valence-corrected chi connectivity index (χ4v) is 3.15. The number of carboxylic acid groups (broad SMARTS) is 1. The van der Waals surface area contributed by atoms with Crippen LogP contribution in [0.25, 0.3) is 4.72 Å². The predicted octanol–water partition coefficient (Wildman–Crippen LogP) is 0.710. The number of aryl methyl sites for hydroxylation is 1. The minimum atomic E-state index is -4.04. The molecule has 2 aromatic rings. The molecular weight excluding hydrogens is 473 g/mol. The maximum absolute atomic E-state index is 12.2. The Morgan fingerprint density at radius 2 is 1.57 bits per heavy atom. The van der Waals surface area contributed by atoms with Gasteiger partial charge in [0.05, 0.1) is 0 Å². The molecule has 1 atom stereocenters. The first-order valence-electron chi connectivity index (χ1n) is 8.49. The molecule has 1 unspecified atom stereocenters. The van der Waals surface area contributed by atoms with E-state index < -0.39 is 22.0 Å². The third kappa shape index (κ3) is 9.55. The molecule has 0 spiro atoms. The third-order valence-corrected chi connectivity index (χ3v) is 4.94. The molecule has 9 heteroatoms. The van der Waals surface area contributed by atoms with Crippen molar-refractivity contribution in [3.05, 3.63) is 70.4 Å². The molecule has 0 radical (unpaired) electrons. The van der Waals surface area contributed by atoms with Gasteiger partial charge in [-0.25, -0.2) is 8.42 Å². The number of nitrogens with two attached hydrogens (primary N) is 2. The van der Waals surface area contributed by atoms with Crippen LogP contribution in [-0.4, -0.2) is 33.5 Å². The van der Waals surface area contributed by atoms with Gasteiger partial charge in [0, 0.05) is 10.9 Å². The van der Waals surface area contributed by atoms with Gasteiger partial charge in [0.1, 0.15) is 10.0 Å². The first-order valence-corrected chi connectivity index (χ1v) is 9.93. The van der Waals surface area contributed by atoms with Crippen molar-refractivity contribution < 1.29 is 38.7 Å². The number of hydrogen-bond donors (Lipinski definition) is 2. The molecule has 156 valence electrons. The molecule has 4 N–H and O–H groups in total. The Bertz CT molecular complexity index is 798. The van der Waals surface area contributed by atoms with E-state index in [1.165, 1.54) is 12.1 Å². The maximum atomic E-state index is 12.2. The quantitative estimate of drug-likeness (QED) is 0.515. The molecule has 0 aromatic heterocycles. The van der Waals surface area contributed by atoms with Crippen LogP contribution in [0.5, 0.6) is 0 Å². The Hall–Kier alpha value is -1.60. The average molecular weight is 498 g/mol. The second-order valence-corrected chi connectivity index (χ2v) is 7.48. The molecule has 0 bridgehead atoms. The number of carbonyl (C=O) groups excluding carboxylic acids is 1. The van der Waals surface area contributed by atoms with Crippen LogP contribution in [0.4, 0.5) is 0 Å².